The highest BCUT2D eigenvalue weighted by Gasteiger charge is 2.05. The topological polar surface area (TPSA) is 50.7 Å². The fraction of sp³-hybridized carbons (Fsp3) is 0.263. The summed E-state index contributed by atoms with van der Waals surface area (Å²) in [6, 6.07) is 12.8. The average Bonchev–Trinajstić information content (AvgIpc) is 2.60. The van der Waals surface area contributed by atoms with Crippen molar-refractivity contribution in [2.75, 3.05) is 0 Å². The molecule has 0 heterocycles. The molecular weight excluding hydrogens is 324 g/mol. The number of hydrazone groups is 1. The van der Waals surface area contributed by atoms with Crippen LogP contribution in [0.1, 0.15) is 41.8 Å². The molecule has 2 aromatic carbocycles. The van der Waals surface area contributed by atoms with E-state index in [-0.39, 0.29) is 5.91 Å². The monoisotopic (exact) mass is 344 g/mol. The second-order valence-electron chi connectivity index (χ2n) is 5.54. The summed E-state index contributed by atoms with van der Waals surface area (Å²) < 4.78 is 5.74. The Hall–Kier alpha value is -2.33. The SMILES string of the molecule is CC/C(C)=N\NC(=O)c1ccc(COc2ccc(Cl)c(C)c2)cc1. The molecule has 0 fully saturated rings. The van der Waals surface area contributed by atoms with E-state index >= 15 is 0 Å². The highest BCUT2D eigenvalue weighted by Crippen LogP contribution is 2.21. The Morgan fingerprint density at radius 2 is 1.92 bits per heavy atom. The minimum atomic E-state index is -0.219. The molecule has 0 radical (unpaired) electrons. The molecule has 0 saturated carbocycles. The van der Waals surface area contributed by atoms with Crippen molar-refractivity contribution in [2.24, 2.45) is 5.10 Å². The summed E-state index contributed by atoms with van der Waals surface area (Å²) in [5.74, 6) is 0.548. The van der Waals surface area contributed by atoms with Crippen molar-refractivity contribution < 1.29 is 9.53 Å². The van der Waals surface area contributed by atoms with Crippen LogP contribution in [0.5, 0.6) is 5.75 Å². The van der Waals surface area contributed by atoms with Gasteiger partial charge in [0.1, 0.15) is 12.4 Å². The lowest BCUT2D eigenvalue weighted by Crippen LogP contribution is -2.18. The molecule has 1 amide bonds. The largest absolute Gasteiger partial charge is 0.489 e. The smallest absolute Gasteiger partial charge is 0.271 e. The van der Waals surface area contributed by atoms with Gasteiger partial charge in [0.2, 0.25) is 0 Å². The van der Waals surface area contributed by atoms with Gasteiger partial charge in [0.15, 0.2) is 0 Å². The van der Waals surface area contributed by atoms with Crippen molar-refractivity contribution in [1.29, 1.82) is 0 Å². The van der Waals surface area contributed by atoms with E-state index in [1.54, 1.807) is 12.1 Å². The van der Waals surface area contributed by atoms with Crippen LogP contribution in [0.4, 0.5) is 0 Å². The van der Waals surface area contributed by atoms with Crippen molar-refractivity contribution in [3.05, 3.63) is 64.2 Å². The summed E-state index contributed by atoms with van der Waals surface area (Å²) in [6.07, 6.45) is 0.806. The van der Waals surface area contributed by atoms with Crippen LogP contribution < -0.4 is 10.2 Å². The molecule has 0 aliphatic carbocycles. The standard InChI is InChI=1S/C19H21ClN2O2/c1-4-14(3)21-22-19(23)16-7-5-15(6-8-16)12-24-17-9-10-18(20)13(2)11-17/h5-11H,4,12H2,1-3H3,(H,22,23)/b21-14-. The number of hydrogen-bond donors (Lipinski definition) is 1. The van der Waals surface area contributed by atoms with E-state index in [1.807, 2.05) is 51.1 Å². The van der Waals surface area contributed by atoms with Crippen LogP contribution in [0, 0.1) is 6.92 Å². The maximum absolute atomic E-state index is 12.0. The number of nitrogens with one attached hydrogen (secondary N) is 1. The molecule has 4 nitrogen and oxygen atoms in total. The Balaban J connectivity index is 1.94. The van der Waals surface area contributed by atoms with Gasteiger partial charge in [-0.15, -0.1) is 0 Å². The zero-order valence-corrected chi connectivity index (χ0v) is 14.9. The molecule has 0 unspecified atom stereocenters. The summed E-state index contributed by atoms with van der Waals surface area (Å²) in [7, 11) is 0. The molecule has 5 heteroatoms. The molecule has 0 bridgehead atoms. The Bertz CT molecular complexity index is 740. The van der Waals surface area contributed by atoms with Gasteiger partial charge in [0.05, 0.1) is 0 Å². The molecule has 0 atom stereocenters. The number of nitrogens with zero attached hydrogens (tertiary/aromatic N) is 1. The molecule has 0 aromatic heterocycles. The number of hydrogen-bond acceptors (Lipinski definition) is 3. The van der Waals surface area contributed by atoms with Gasteiger partial charge in [-0.05, 0) is 61.7 Å². The second-order valence-corrected chi connectivity index (χ2v) is 5.95. The number of aryl methyl sites for hydroxylation is 1. The van der Waals surface area contributed by atoms with Gasteiger partial charge >= 0.3 is 0 Å². The van der Waals surface area contributed by atoms with Crippen LogP contribution >= 0.6 is 11.6 Å². The minimum Gasteiger partial charge on any atom is -0.489 e. The van der Waals surface area contributed by atoms with Crippen molar-refractivity contribution in [1.82, 2.24) is 5.43 Å². The van der Waals surface area contributed by atoms with Crippen LogP contribution in [0.3, 0.4) is 0 Å². The first-order valence-corrected chi connectivity index (χ1v) is 8.18. The van der Waals surface area contributed by atoms with Crippen molar-refractivity contribution in [3.8, 4) is 5.75 Å². The van der Waals surface area contributed by atoms with Gasteiger partial charge < -0.3 is 4.74 Å². The Morgan fingerprint density at radius 3 is 2.54 bits per heavy atom. The van der Waals surface area contributed by atoms with E-state index < -0.39 is 0 Å². The van der Waals surface area contributed by atoms with Gasteiger partial charge in [0, 0.05) is 16.3 Å². The number of rotatable bonds is 6. The summed E-state index contributed by atoms with van der Waals surface area (Å²) >= 11 is 6.00. The van der Waals surface area contributed by atoms with Crippen LogP contribution in [0.2, 0.25) is 5.02 Å². The highest BCUT2D eigenvalue weighted by atomic mass is 35.5. The first kappa shape index (κ1) is 18.0. The predicted octanol–water partition coefficient (Wildman–Crippen LogP) is 4.74. The molecule has 126 valence electrons. The molecule has 0 saturated heterocycles. The van der Waals surface area contributed by atoms with Crippen LogP contribution in [0.25, 0.3) is 0 Å². The summed E-state index contributed by atoms with van der Waals surface area (Å²) in [6.45, 7) is 6.22. The van der Waals surface area contributed by atoms with E-state index in [0.29, 0.717) is 12.2 Å². The Labute approximate surface area is 147 Å². The first-order chi connectivity index (χ1) is 11.5. The Morgan fingerprint density at radius 1 is 1.21 bits per heavy atom. The first-order valence-electron chi connectivity index (χ1n) is 7.81. The van der Waals surface area contributed by atoms with Crippen LogP contribution in [-0.4, -0.2) is 11.6 Å². The van der Waals surface area contributed by atoms with E-state index in [2.05, 4.69) is 10.5 Å². The number of amides is 1. The fourth-order valence-electron chi connectivity index (χ4n) is 1.92. The zero-order chi connectivity index (χ0) is 17.5. The second kappa shape index (κ2) is 8.50. The van der Waals surface area contributed by atoms with E-state index in [9.17, 15) is 4.79 Å². The summed E-state index contributed by atoms with van der Waals surface area (Å²) in [4.78, 5) is 12.0. The number of carbonyl (C=O) groups excluding carboxylic acids is 1. The minimum absolute atomic E-state index is 0.219. The van der Waals surface area contributed by atoms with Crippen LogP contribution in [0.15, 0.2) is 47.6 Å². The average molecular weight is 345 g/mol. The molecule has 1 N–H and O–H groups in total. The Kier molecular flexibility index (Phi) is 6.38. The lowest BCUT2D eigenvalue weighted by atomic mass is 10.1. The number of ether oxygens (including phenoxy) is 1. The molecule has 2 rings (SSSR count). The highest BCUT2D eigenvalue weighted by molar-refractivity contribution is 6.31. The van der Waals surface area contributed by atoms with Gasteiger partial charge in [-0.2, -0.15) is 5.10 Å². The van der Waals surface area contributed by atoms with Gasteiger partial charge in [-0.1, -0.05) is 30.7 Å². The lowest BCUT2D eigenvalue weighted by Gasteiger charge is -2.08. The van der Waals surface area contributed by atoms with E-state index in [4.69, 9.17) is 16.3 Å². The number of carbonyl (C=O) groups is 1. The maximum atomic E-state index is 12.0. The third kappa shape index (κ3) is 5.10. The summed E-state index contributed by atoms with van der Waals surface area (Å²) in [5, 5.41) is 4.74. The normalized spacial score (nSPS) is 11.2. The lowest BCUT2D eigenvalue weighted by molar-refractivity contribution is 0.0954. The molecular formula is C19H21ClN2O2. The quantitative estimate of drug-likeness (QED) is 0.607. The number of benzene rings is 2. The van der Waals surface area contributed by atoms with Crippen molar-refractivity contribution in [3.63, 3.8) is 0 Å². The van der Waals surface area contributed by atoms with Crippen molar-refractivity contribution >= 4 is 23.2 Å². The van der Waals surface area contributed by atoms with Crippen molar-refractivity contribution in [2.45, 2.75) is 33.8 Å². The zero-order valence-electron chi connectivity index (χ0n) is 14.1. The predicted molar refractivity (Wildman–Crippen MR) is 97.8 cm³/mol. The third-order valence-corrected chi connectivity index (χ3v) is 4.04. The van der Waals surface area contributed by atoms with Gasteiger partial charge in [-0.3, -0.25) is 4.79 Å². The van der Waals surface area contributed by atoms with E-state index in [1.165, 1.54) is 0 Å². The fourth-order valence-corrected chi connectivity index (χ4v) is 2.03. The molecule has 2 aromatic rings. The number of halogens is 1. The van der Waals surface area contributed by atoms with E-state index in [0.717, 1.165) is 34.0 Å². The molecule has 0 aliphatic heterocycles. The maximum Gasteiger partial charge on any atom is 0.271 e. The van der Waals surface area contributed by atoms with Gasteiger partial charge in [0.25, 0.3) is 5.91 Å². The van der Waals surface area contributed by atoms with Gasteiger partial charge in [-0.25, -0.2) is 5.43 Å². The molecule has 0 spiro atoms. The molecule has 0 aliphatic rings. The summed E-state index contributed by atoms with van der Waals surface area (Å²) in [5.41, 5.74) is 5.94. The third-order valence-electron chi connectivity index (χ3n) is 3.61. The van der Waals surface area contributed by atoms with Crippen LogP contribution in [-0.2, 0) is 6.61 Å². The molecule has 24 heavy (non-hydrogen) atoms.